The fourth-order valence-electron chi connectivity index (χ4n) is 5.72. The molecular weight excluding hydrogens is 726 g/mol. The lowest BCUT2D eigenvalue weighted by Crippen LogP contribution is -2.30. The summed E-state index contributed by atoms with van der Waals surface area (Å²) in [6.07, 6.45) is -4.58. The van der Waals surface area contributed by atoms with Gasteiger partial charge in [0.15, 0.2) is 0 Å². The first-order valence-corrected chi connectivity index (χ1v) is 19.5. The van der Waals surface area contributed by atoms with Gasteiger partial charge < -0.3 is 0 Å². The number of likely N-dealkylation sites (N-methyl/N-ethyl adjacent to an activating group) is 2. The molecule has 0 amide bonds. The fourth-order valence-corrected chi connectivity index (χ4v) is 7.85. The molecule has 2 heterocycles. The summed E-state index contributed by atoms with van der Waals surface area (Å²) >= 11 is 0. The van der Waals surface area contributed by atoms with Gasteiger partial charge in [-0.2, -0.15) is 13.2 Å². The summed E-state index contributed by atoms with van der Waals surface area (Å²) in [6.45, 7) is 4.20. The van der Waals surface area contributed by atoms with Crippen LogP contribution in [-0.2, 0) is 39.3 Å². The van der Waals surface area contributed by atoms with Crippen LogP contribution >= 0.6 is 0 Å². The maximum absolute atomic E-state index is 13.1. The van der Waals surface area contributed by atoms with Crippen LogP contribution in [0.3, 0.4) is 0 Å². The van der Waals surface area contributed by atoms with Crippen LogP contribution in [0, 0.1) is 6.92 Å². The summed E-state index contributed by atoms with van der Waals surface area (Å²) < 4.78 is 96.5. The number of halogens is 3. The highest BCUT2D eigenvalue weighted by molar-refractivity contribution is 7.93. The standard InChI is InChI=1S/C38H37F3N6O4S2/c1-26-10-18-32(19-11-26)52(48,49)44-34-8-4-6-27-12-16-30(42-36(27)34)24-46(2)22-23-47(3)25-31-17-13-28-7-5-9-35(37(28)43-31)45-53(50,51)33-20-14-29(15-21-33)38(39,40)41/h4-21,44-45H,22-25H2,1-3H3. The van der Waals surface area contributed by atoms with E-state index in [0.29, 0.717) is 54.0 Å². The molecule has 0 atom stereocenters. The van der Waals surface area contributed by atoms with Crippen molar-refractivity contribution in [1.29, 1.82) is 0 Å². The molecule has 0 spiro atoms. The first-order chi connectivity index (χ1) is 25.1. The van der Waals surface area contributed by atoms with E-state index in [1.165, 1.54) is 0 Å². The summed E-state index contributed by atoms with van der Waals surface area (Å²) in [5.41, 5.74) is 3.05. The number of fused-ring (bicyclic) bond motifs is 2. The summed E-state index contributed by atoms with van der Waals surface area (Å²) in [5.74, 6) is 0. The Morgan fingerprint density at radius 2 is 1.00 bits per heavy atom. The second-order valence-corrected chi connectivity index (χ2v) is 16.2. The molecule has 0 aliphatic carbocycles. The molecule has 0 aliphatic rings. The normalized spacial score (nSPS) is 12.5. The largest absolute Gasteiger partial charge is 0.416 e. The van der Waals surface area contributed by atoms with Gasteiger partial charge in [0.25, 0.3) is 20.0 Å². The maximum atomic E-state index is 13.1. The fraction of sp³-hybridized carbons (Fsp3) is 0.211. The molecule has 0 fully saturated rings. The molecule has 0 saturated carbocycles. The number of pyridine rings is 2. The number of anilines is 2. The van der Waals surface area contributed by atoms with Crippen LogP contribution in [0.4, 0.5) is 24.5 Å². The zero-order valence-corrected chi connectivity index (χ0v) is 30.7. The lowest BCUT2D eigenvalue weighted by molar-refractivity contribution is -0.137. The van der Waals surface area contributed by atoms with Crippen molar-refractivity contribution in [2.24, 2.45) is 0 Å². The molecule has 10 nitrogen and oxygen atoms in total. The Bertz CT molecular complexity index is 2480. The van der Waals surface area contributed by atoms with Gasteiger partial charge in [-0.1, -0.05) is 54.1 Å². The van der Waals surface area contributed by atoms with E-state index < -0.39 is 31.8 Å². The van der Waals surface area contributed by atoms with E-state index in [0.717, 1.165) is 40.9 Å². The first-order valence-electron chi connectivity index (χ1n) is 16.5. The van der Waals surface area contributed by atoms with Gasteiger partial charge in [-0.25, -0.2) is 26.8 Å². The second kappa shape index (κ2) is 15.1. The zero-order valence-electron chi connectivity index (χ0n) is 29.1. The Morgan fingerprint density at radius 1 is 0.585 bits per heavy atom. The lowest BCUT2D eigenvalue weighted by atomic mass is 10.1. The molecule has 0 aliphatic heterocycles. The molecule has 53 heavy (non-hydrogen) atoms. The van der Waals surface area contributed by atoms with Crippen LogP contribution in [0.5, 0.6) is 0 Å². The number of alkyl halides is 3. The minimum Gasteiger partial charge on any atom is -0.299 e. The van der Waals surface area contributed by atoms with Crippen LogP contribution in [0.2, 0.25) is 0 Å². The molecule has 2 N–H and O–H groups in total. The molecule has 6 aromatic rings. The predicted molar refractivity (Wildman–Crippen MR) is 200 cm³/mol. The van der Waals surface area contributed by atoms with Gasteiger partial charge in [-0.15, -0.1) is 0 Å². The van der Waals surface area contributed by atoms with Gasteiger partial charge in [-0.05, 0) is 81.7 Å². The van der Waals surface area contributed by atoms with Crippen molar-refractivity contribution in [3.05, 3.63) is 132 Å². The zero-order chi connectivity index (χ0) is 38.0. The summed E-state index contributed by atoms with van der Waals surface area (Å²) in [4.78, 5) is 13.6. The van der Waals surface area contributed by atoms with E-state index in [4.69, 9.17) is 9.97 Å². The van der Waals surface area contributed by atoms with Gasteiger partial charge in [-0.3, -0.25) is 19.2 Å². The molecule has 0 bridgehead atoms. The quantitative estimate of drug-likeness (QED) is 0.126. The van der Waals surface area contributed by atoms with Crippen molar-refractivity contribution in [3.63, 3.8) is 0 Å². The van der Waals surface area contributed by atoms with Crippen LogP contribution in [0.25, 0.3) is 21.8 Å². The highest BCUT2D eigenvalue weighted by Crippen LogP contribution is 2.31. The van der Waals surface area contributed by atoms with Gasteiger partial charge in [0.2, 0.25) is 0 Å². The topological polar surface area (TPSA) is 125 Å². The number of para-hydroxylation sites is 2. The molecule has 0 unspecified atom stereocenters. The molecule has 6 rings (SSSR count). The summed E-state index contributed by atoms with van der Waals surface area (Å²) in [5, 5.41) is 1.50. The predicted octanol–water partition coefficient (Wildman–Crippen LogP) is 7.28. The van der Waals surface area contributed by atoms with Crippen molar-refractivity contribution in [2.45, 2.75) is 36.0 Å². The smallest absolute Gasteiger partial charge is 0.299 e. The van der Waals surface area contributed by atoms with Crippen molar-refractivity contribution in [2.75, 3.05) is 36.6 Å². The summed E-state index contributed by atoms with van der Waals surface area (Å²) in [7, 11) is -4.09. The highest BCUT2D eigenvalue weighted by Gasteiger charge is 2.30. The lowest BCUT2D eigenvalue weighted by Gasteiger charge is -2.22. The van der Waals surface area contributed by atoms with Crippen molar-refractivity contribution in [1.82, 2.24) is 19.8 Å². The Labute approximate surface area is 306 Å². The molecule has 2 aromatic heterocycles. The van der Waals surface area contributed by atoms with E-state index >= 15 is 0 Å². The minimum absolute atomic E-state index is 0.167. The van der Waals surface area contributed by atoms with E-state index in [1.54, 1.807) is 54.6 Å². The van der Waals surface area contributed by atoms with Crippen molar-refractivity contribution in [3.8, 4) is 0 Å². The highest BCUT2D eigenvalue weighted by atomic mass is 32.2. The van der Waals surface area contributed by atoms with Crippen LogP contribution in [0.1, 0.15) is 22.5 Å². The average molecular weight is 763 g/mol. The number of nitrogens with zero attached hydrogens (tertiary/aromatic N) is 4. The third kappa shape index (κ3) is 9.11. The van der Waals surface area contributed by atoms with Crippen LogP contribution < -0.4 is 9.44 Å². The monoisotopic (exact) mass is 762 g/mol. The number of sulfonamides is 2. The van der Waals surface area contributed by atoms with E-state index in [1.807, 2.05) is 51.4 Å². The van der Waals surface area contributed by atoms with Crippen molar-refractivity contribution >= 4 is 53.2 Å². The SMILES string of the molecule is Cc1ccc(S(=O)(=O)Nc2cccc3ccc(CN(C)CCN(C)Cc4ccc5cccc(NS(=O)(=O)c6ccc(C(F)(F)F)cc6)c5n4)nc23)cc1. The molecule has 0 radical (unpaired) electrons. The Kier molecular flexibility index (Phi) is 10.7. The van der Waals surface area contributed by atoms with Gasteiger partial charge in [0.1, 0.15) is 0 Å². The first kappa shape index (κ1) is 37.7. The third-order valence-corrected chi connectivity index (χ3v) is 11.4. The summed E-state index contributed by atoms with van der Waals surface area (Å²) in [6, 6.07) is 27.9. The van der Waals surface area contributed by atoms with E-state index in [-0.39, 0.29) is 15.5 Å². The van der Waals surface area contributed by atoms with Crippen LogP contribution in [0.15, 0.2) is 119 Å². The Hall–Kier alpha value is -5.09. The van der Waals surface area contributed by atoms with E-state index in [2.05, 4.69) is 19.2 Å². The number of rotatable bonds is 13. The molecular formula is C38H37F3N6O4S2. The Balaban J connectivity index is 1.09. The molecule has 276 valence electrons. The number of nitrogens with one attached hydrogen (secondary N) is 2. The number of benzene rings is 4. The maximum Gasteiger partial charge on any atom is 0.416 e. The van der Waals surface area contributed by atoms with Gasteiger partial charge in [0, 0.05) is 37.0 Å². The van der Waals surface area contributed by atoms with Crippen LogP contribution in [-0.4, -0.2) is 63.8 Å². The molecule has 0 saturated heterocycles. The van der Waals surface area contributed by atoms with Gasteiger partial charge in [0.05, 0.1) is 49.2 Å². The Morgan fingerprint density at radius 3 is 1.42 bits per heavy atom. The number of aromatic nitrogens is 2. The number of hydrogen-bond acceptors (Lipinski definition) is 8. The molecule has 4 aromatic carbocycles. The average Bonchev–Trinajstić information content (AvgIpc) is 3.11. The van der Waals surface area contributed by atoms with Crippen molar-refractivity contribution < 1.29 is 30.0 Å². The van der Waals surface area contributed by atoms with E-state index in [9.17, 15) is 30.0 Å². The third-order valence-electron chi connectivity index (χ3n) is 8.59. The molecule has 15 heteroatoms. The minimum atomic E-state index is -4.58. The number of aryl methyl sites for hydroxylation is 1. The second-order valence-electron chi connectivity index (χ2n) is 12.9. The van der Waals surface area contributed by atoms with Gasteiger partial charge >= 0.3 is 6.18 Å². The number of hydrogen-bond donors (Lipinski definition) is 2.